The van der Waals surface area contributed by atoms with Gasteiger partial charge in [0.2, 0.25) is 10.0 Å². The number of benzene rings is 2. The molecule has 2 aromatic rings. The summed E-state index contributed by atoms with van der Waals surface area (Å²) in [5, 5.41) is 2.84. The van der Waals surface area contributed by atoms with Crippen LogP contribution in [0.15, 0.2) is 47.4 Å². The molecule has 1 amide bonds. The van der Waals surface area contributed by atoms with Gasteiger partial charge in [-0.15, -0.1) is 0 Å². The van der Waals surface area contributed by atoms with Crippen molar-refractivity contribution in [3.8, 4) is 0 Å². The first-order chi connectivity index (χ1) is 11.4. The summed E-state index contributed by atoms with van der Waals surface area (Å²) in [7, 11) is -3.57. The van der Waals surface area contributed by atoms with Crippen molar-refractivity contribution in [2.75, 3.05) is 5.32 Å². The number of hydrogen-bond acceptors (Lipinski definition) is 3. The highest BCUT2D eigenvalue weighted by atomic mass is 32.2. The van der Waals surface area contributed by atoms with Crippen LogP contribution in [0.4, 0.5) is 5.69 Å². The summed E-state index contributed by atoms with van der Waals surface area (Å²) >= 11 is 0. The average Bonchev–Trinajstić information content (AvgIpc) is 3.35. The monoisotopic (exact) mass is 344 g/mol. The van der Waals surface area contributed by atoms with Crippen molar-refractivity contribution < 1.29 is 13.2 Å². The molecule has 2 aromatic carbocycles. The second kappa shape index (κ2) is 6.37. The smallest absolute Gasteiger partial charge is 0.255 e. The van der Waals surface area contributed by atoms with Gasteiger partial charge in [0.15, 0.2) is 0 Å². The van der Waals surface area contributed by atoms with E-state index in [2.05, 4.69) is 10.0 Å². The van der Waals surface area contributed by atoms with Crippen LogP contribution in [0.25, 0.3) is 0 Å². The molecule has 2 N–H and O–H groups in total. The van der Waals surface area contributed by atoms with E-state index in [0.29, 0.717) is 5.56 Å². The fraction of sp³-hybridized carbons (Fsp3) is 0.278. The molecule has 3 rings (SSSR count). The van der Waals surface area contributed by atoms with Gasteiger partial charge >= 0.3 is 0 Å². The molecule has 24 heavy (non-hydrogen) atoms. The van der Waals surface area contributed by atoms with Crippen LogP contribution < -0.4 is 10.0 Å². The Morgan fingerprint density at radius 3 is 2.50 bits per heavy atom. The maximum absolute atomic E-state index is 12.5. The van der Waals surface area contributed by atoms with Gasteiger partial charge in [-0.1, -0.05) is 18.2 Å². The van der Waals surface area contributed by atoms with E-state index in [9.17, 15) is 13.2 Å². The summed E-state index contributed by atoms with van der Waals surface area (Å²) in [6.45, 7) is 3.91. The average molecular weight is 344 g/mol. The second-order valence-corrected chi connectivity index (χ2v) is 7.84. The Morgan fingerprint density at radius 1 is 1.08 bits per heavy atom. The van der Waals surface area contributed by atoms with E-state index >= 15 is 0 Å². The van der Waals surface area contributed by atoms with Gasteiger partial charge in [-0.25, -0.2) is 13.1 Å². The van der Waals surface area contributed by atoms with Gasteiger partial charge in [0.05, 0.1) is 4.90 Å². The number of sulfonamides is 1. The third-order valence-electron chi connectivity index (χ3n) is 4.16. The van der Waals surface area contributed by atoms with E-state index in [-0.39, 0.29) is 16.8 Å². The lowest BCUT2D eigenvalue weighted by atomic mass is 10.1. The lowest BCUT2D eigenvalue weighted by Gasteiger charge is -2.11. The first-order valence-electron chi connectivity index (χ1n) is 7.87. The summed E-state index contributed by atoms with van der Waals surface area (Å²) < 4.78 is 27.2. The van der Waals surface area contributed by atoms with E-state index in [1.54, 1.807) is 12.1 Å². The molecule has 5 nitrogen and oxygen atoms in total. The lowest BCUT2D eigenvalue weighted by molar-refractivity contribution is 0.102. The van der Waals surface area contributed by atoms with E-state index in [1.807, 2.05) is 32.0 Å². The second-order valence-electron chi connectivity index (χ2n) is 6.12. The normalized spacial score (nSPS) is 14.4. The first kappa shape index (κ1) is 16.7. The van der Waals surface area contributed by atoms with Crippen LogP contribution in [0.2, 0.25) is 0 Å². The van der Waals surface area contributed by atoms with Crippen LogP contribution in [0, 0.1) is 13.8 Å². The molecule has 1 aliphatic rings. The Hall–Kier alpha value is -2.18. The highest BCUT2D eigenvalue weighted by Crippen LogP contribution is 2.23. The van der Waals surface area contributed by atoms with Crippen molar-refractivity contribution in [3.05, 3.63) is 59.2 Å². The fourth-order valence-electron chi connectivity index (χ4n) is 2.37. The molecule has 126 valence electrons. The zero-order valence-corrected chi connectivity index (χ0v) is 14.5. The molecule has 0 radical (unpaired) electrons. The van der Waals surface area contributed by atoms with E-state index in [1.165, 1.54) is 12.1 Å². The molecule has 6 heteroatoms. The Morgan fingerprint density at radius 2 is 1.79 bits per heavy atom. The molecule has 1 saturated carbocycles. The molecule has 0 saturated heterocycles. The van der Waals surface area contributed by atoms with Crippen LogP contribution >= 0.6 is 0 Å². The van der Waals surface area contributed by atoms with Crippen LogP contribution in [0.5, 0.6) is 0 Å². The van der Waals surface area contributed by atoms with Gasteiger partial charge in [-0.05, 0) is 62.1 Å². The Labute approximate surface area is 142 Å². The van der Waals surface area contributed by atoms with Crippen LogP contribution in [-0.2, 0) is 10.0 Å². The van der Waals surface area contributed by atoms with E-state index < -0.39 is 10.0 Å². The van der Waals surface area contributed by atoms with E-state index in [4.69, 9.17) is 0 Å². The SMILES string of the molecule is Cc1cccc(NC(=O)c2cccc(S(=O)(=O)NC3CC3)c2)c1C. The number of rotatable bonds is 5. The van der Waals surface area contributed by atoms with Crippen molar-refractivity contribution in [2.24, 2.45) is 0 Å². The number of nitrogens with one attached hydrogen (secondary N) is 2. The summed E-state index contributed by atoms with van der Waals surface area (Å²) in [5.74, 6) is -0.327. The van der Waals surface area contributed by atoms with Gasteiger partial charge in [0.25, 0.3) is 5.91 Å². The minimum Gasteiger partial charge on any atom is -0.322 e. The molecule has 1 fully saturated rings. The van der Waals surface area contributed by atoms with Crippen LogP contribution in [0.1, 0.15) is 34.3 Å². The molecular weight excluding hydrogens is 324 g/mol. The molecule has 0 unspecified atom stereocenters. The maximum Gasteiger partial charge on any atom is 0.255 e. The Balaban J connectivity index is 1.83. The lowest BCUT2D eigenvalue weighted by Crippen LogP contribution is -2.26. The number of carbonyl (C=O) groups is 1. The van der Waals surface area contributed by atoms with Crippen LogP contribution in [-0.4, -0.2) is 20.4 Å². The third-order valence-corrected chi connectivity index (χ3v) is 5.68. The number of carbonyl (C=O) groups excluding carboxylic acids is 1. The molecule has 0 spiro atoms. The largest absolute Gasteiger partial charge is 0.322 e. The summed E-state index contributed by atoms with van der Waals surface area (Å²) in [6, 6.07) is 11.8. The molecule has 0 heterocycles. The van der Waals surface area contributed by atoms with Gasteiger partial charge < -0.3 is 5.32 Å². The third kappa shape index (κ3) is 3.66. The Kier molecular flexibility index (Phi) is 4.43. The molecule has 0 aromatic heterocycles. The van der Waals surface area contributed by atoms with Crippen molar-refractivity contribution in [2.45, 2.75) is 37.6 Å². The van der Waals surface area contributed by atoms with E-state index in [0.717, 1.165) is 29.7 Å². The molecule has 0 bridgehead atoms. The van der Waals surface area contributed by atoms with Crippen molar-refractivity contribution >= 4 is 21.6 Å². The van der Waals surface area contributed by atoms with Crippen molar-refractivity contribution in [3.63, 3.8) is 0 Å². The van der Waals surface area contributed by atoms with Gasteiger partial charge in [0, 0.05) is 17.3 Å². The number of anilines is 1. The Bertz CT molecular complexity index is 887. The summed E-state index contributed by atoms with van der Waals surface area (Å²) in [4.78, 5) is 12.6. The zero-order valence-electron chi connectivity index (χ0n) is 13.7. The first-order valence-corrected chi connectivity index (χ1v) is 9.35. The zero-order chi connectivity index (χ0) is 17.3. The number of aryl methyl sites for hydroxylation is 1. The molecular formula is C18H20N2O3S. The fourth-order valence-corrected chi connectivity index (χ4v) is 3.72. The van der Waals surface area contributed by atoms with Gasteiger partial charge in [0.1, 0.15) is 0 Å². The quantitative estimate of drug-likeness (QED) is 0.875. The standard InChI is InChI=1S/C18H20N2O3S/c1-12-5-3-8-17(13(12)2)19-18(21)14-6-4-7-16(11-14)24(22,23)20-15-9-10-15/h3-8,11,15,20H,9-10H2,1-2H3,(H,19,21). The molecule has 0 atom stereocenters. The predicted octanol–water partition coefficient (Wildman–Crippen LogP) is 3.00. The number of hydrogen-bond donors (Lipinski definition) is 2. The topological polar surface area (TPSA) is 75.3 Å². The molecule has 1 aliphatic carbocycles. The van der Waals surface area contributed by atoms with Gasteiger partial charge in [-0.2, -0.15) is 0 Å². The molecule has 0 aliphatic heterocycles. The predicted molar refractivity (Wildman–Crippen MR) is 93.7 cm³/mol. The van der Waals surface area contributed by atoms with Gasteiger partial charge in [-0.3, -0.25) is 4.79 Å². The highest BCUT2D eigenvalue weighted by Gasteiger charge is 2.28. The van der Waals surface area contributed by atoms with Crippen molar-refractivity contribution in [1.82, 2.24) is 4.72 Å². The number of amides is 1. The minimum absolute atomic E-state index is 0.0300. The minimum atomic E-state index is -3.57. The van der Waals surface area contributed by atoms with Crippen LogP contribution in [0.3, 0.4) is 0 Å². The summed E-state index contributed by atoms with van der Waals surface area (Å²) in [6.07, 6.45) is 1.73. The summed E-state index contributed by atoms with van der Waals surface area (Å²) in [5.41, 5.74) is 3.11. The van der Waals surface area contributed by atoms with Crippen molar-refractivity contribution in [1.29, 1.82) is 0 Å². The maximum atomic E-state index is 12.5. The highest BCUT2D eigenvalue weighted by molar-refractivity contribution is 7.89.